The summed E-state index contributed by atoms with van der Waals surface area (Å²) in [5.41, 5.74) is 9.85. The number of rotatable bonds is 5. The van der Waals surface area contributed by atoms with Gasteiger partial charge in [0.2, 0.25) is 5.91 Å². The number of anilines is 2. The van der Waals surface area contributed by atoms with Gasteiger partial charge in [-0.1, -0.05) is 11.3 Å². The molecule has 0 bridgehead atoms. The van der Waals surface area contributed by atoms with E-state index in [4.69, 9.17) is 11.5 Å². The Balaban J connectivity index is 2.07. The Labute approximate surface area is 121 Å². The van der Waals surface area contributed by atoms with E-state index in [1.807, 2.05) is 0 Å². The van der Waals surface area contributed by atoms with Crippen molar-refractivity contribution in [2.45, 2.75) is 44.7 Å². The van der Waals surface area contributed by atoms with Gasteiger partial charge in [-0.15, -0.1) is 0 Å². The molecule has 0 spiro atoms. The SMILES string of the molecule is CC(C)(NC(=O)c1sc(NC2CCC2)nc1N)C(N)=O. The van der Waals surface area contributed by atoms with Crippen molar-refractivity contribution in [1.82, 2.24) is 10.3 Å². The lowest BCUT2D eigenvalue weighted by Gasteiger charge is -2.25. The van der Waals surface area contributed by atoms with Crippen LogP contribution in [0.15, 0.2) is 0 Å². The number of nitrogens with zero attached hydrogens (tertiary/aromatic N) is 1. The van der Waals surface area contributed by atoms with Crippen molar-refractivity contribution in [3.8, 4) is 0 Å². The summed E-state index contributed by atoms with van der Waals surface area (Å²) in [4.78, 5) is 27.8. The number of primary amides is 1. The van der Waals surface area contributed by atoms with E-state index in [0.717, 1.165) is 12.8 Å². The quantitative estimate of drug-likeness (QED) is 0.636. The third kappa shape index (κ3) is 3.01. The van der Waals surface area contributed by atoms with Crippen LogP contribution in [0.5, 0.6) is 0 Å². The molecule has 8 heteroatoms. The average Bonchev–Trinajstić information content (AvgIpc) is 2.64. The van der Waals surface area contributed by atoms with E-state index in [1.165, 1.54) is 31.6 Å². The Morgan fingerprint density at radius 2 is 2.05 bits per heavy atom. The van der Waals surface area contributed by atoms with Gasteiger partial charge < -0.3 is 22.1 Å². The number of nitrogens with two attached hydrogens (primary N) is 2. The Kier molecular flexibility index (Phi) is 3.85. The van der Waals surface area contributed by atoms with Crippen LogP contribution in [-0.4, -0.2) is 28.4 Å². The van der Waals surface area contributed by atoms with Gasteiger partial charge >= 0.3 is 0 Å². The molecule has 2 rings (SSSR count). The molecular weight excluding hydrogens is 278 g/mol. The van der Waals surface area contributed by atoms with Crippen LogP contribution in [0, 0.1) is 0 Å². The van der Waals surface area contributed by atoms with Crippen LogP contribution >= 0.6 is 11.3 Å². The third-order valence-corrected chi connectivity index (χ3v) is 4.34. The minimum atomic E-state index is -1.13. The highest BCUT2D eigenvalue weighted by atomic mass is 32.1. The van der Waals surface area contributed by atoms with Gasteiger partial charge in [0.1, 0.15) is 16.2 Å². The number of thiazole rings is 1. The summed E-state index contributed by atoms with van der Waals surface area (Å²) in [6, 6.07) is 0.415. The first-order valence-electron chi connectivity index (χ1n) is 6.45. The van der Waals surface area contributed by atoms with Crippen molar-refractivity contribution in [2.75, 3.05) is 11.1 Å². The van der Waals surface area contributed by atoms with Gasteiger partial charge in [-0.2, -0.15) is 0 Å². The summed E-state index contributed by atoms with van der Waals surface area (Å²) < 4.78 is 0. The van der Waals surface area contributed by atoms with Crippen LogP contribution in [0.25, 0.3) is 0 Å². The normalized spacial score (nSPS) is 15.5. The van der Waals surface area contributed by atoms with Gasteiger partial charge in [-0.05, 0) is 33.1 Å². The Hall–Kier alpha value is -1.83. The van der Waals surface area contributed by atoms with Crippen molar-refractivity contribution in [3.63, 3.8) is 0 Å². The number of aromatic nitrogens is 1. The zero-order valence-corrected chi connectivity index (χ0v) is 12.3. The number of carbonyl (C=O) groups excluding carboxylic acids is 2. The first-order valence-corrected chi connectivity index (χ1v) is 7.26. The Morgan fingerprint density at radius 3 is 2.55 bits per heavy atom. The molecule has 2 amide bonds. The first kappa shape index (κ1) is 14.6. The molecule has 110 valence electrons. The van der Waals surface area contributed by atoms with Crippen molar-refractivity contribution in [2.24, 2.45) is 5.73 Å². The fraction of sp³-hybridized carbons (Fsp3) is 0.583. The van der Waals surface area contributed by atoms with Crippen molar-refractivity contribution >= 4 is 34.1 Å². The predicted molar refractivity (Wildman–Crippen MR) is 78.5 cm³/mol. The lowest BCUT2D eigenvalue weighted by atomic mass is 9.93. The topological polar surface area (TPSA) is 123 Å². The number of amides is 2. The van der Waals surface area contributed by atoms with Gasteiger partial charge in [0.05, 0.1) is 0 Å². The fourth-order valence-electron chi connectivity index (χ4n) is 1.69. The molecule has 1 aromatic heterocycles. The monoisotopic (exact) mass is 297 g/mol. The van der Waals surface area contributed by atoms with Crippen molar-refractivity contribution in [1.29, 1.82) is 0 Å². The molecule has 7 nitrogen and oxygen atoms in total. The number of nitrogen functional groups attached to an aromatic ring is 1. The van der Waals surface area contributed by atoms with E-state index < -0.39 is 17.4 Å². The second-order valence-corrected chi connectivity index (χ2v) is 6.45. The van der Waals surface area contributed by atoms with Crippen LogP contribution < -0.4 is 22.1 Å². The van der Waals surface area contributed by atoms with Crippen LogP contribution in [0.3, 0.4) is 0 Å². The molecule has 6 N–H and O–H groups in total. The van der Waals surface area contributed by atoms with Gasteiger partial charge in [-0.3, -0.25) is 9.59 Å². The summed E-state index contributed by atoms with van der Waals surface area (Å²) in [5, 5.41) is 6.43. The molecule has 1 heterocycles. The maximum Gasteiger partial charge on any atom is 0.266 e. The Bertz CT molecular complexity index is 536. The molecule has 1 aliphatic carbocycles. The molecular formula is C12H19N5O2S. The fourth-order valence-corrected chi connectivity index (χ4v) is 2.54. The minimum absolute atomic E-state index is 0.162. The predicted octanol–water partition coefficient (Wildman–Crippen LogP) is 0.683. The summed E-state index contributed by atoms with van der Waals surface area (Å²) in [6.45, 7) is 3.08. The van der Waals surface area contributed by atoms with Crippen LogP contribution in [-0.2, 0) is 4.79 Å². The smallest absolute Gasteiger partial charge is 0.266 e. The molecule has 0 atom stereocenters. The summed E-state index contributed by atoms with van der Waals surface area (Å²) in [7, 11) is 0. The van der Waals surface area contributed by atoms with E-state index in [9.17, 15) is 9.59 Å². The first-order chi connectivity index (χ1) is 9.29. The molecule has 0 saturated heterocycles. The molecule has 1 saturated carbocycles. The molecule has 0 radical (unpaired) electrons. The van der Waals surface area contributed by atoms with E-state index in [0.29, 0.717) is 16.1 Å². The number of nitrogens with one attached hydrogen (secondary N) is 2. The van der Waals surface area contributed by atoms with Crippen molar-refractivity contribution in [3.05, 3.63) is 4.88 Å². The lowest BCUT2D eigenvalue weighted by molar-refractivity contribution is -0.122. The zero-order chi connectivity index (χ0) is 14.9. The maximum absolute atomic E-state index is 12.1. The van der Waals surface area contributed by atoms with E-state index in [1.54, 1.807) is 0 Å². The summed E-state index contributed by atoms with van der Waals surface area (Å²) >= 11 is 1.19. The highest BCUT2D eigenvalue weighted by Crippen LogP contribution is 2.29. The van der Waals surface area contributed by atoms with Gasteiger partial charge in [0.15, 0.2) is 5.13 Å². The van der Waals surface area contributed by atoms with Gasteiger partial charge in [-0.25, -0.2) is 4.98 Å². The van der Waals surface area contributed by atoms with E-state index >= 15 is 0 Å². The van der Waals surface area contributed by atoms with Crippen LogP contribution in [0.4, 0.5) is 10.9 Å². The second-order valence-electron chi connectivity index (χ2n) is 5.45. The number of carbonyl (C=O) groups is 2. The lowest BCUT2D eigenvalue weighted by Crippen LogP contribution is -2.52. The summed E-state index contributed by atoms with van der Waals surface area (Å²) in [6.07, 6.45) is 3.42. The highest BCUT2D eigenvalue weighted by molar-refractivity contribution is 7.18. The molecule has 1 aliphatic rings. The van der Waals surface area contributed by atoms with Crippen molar-refractivity contribution < 1.29 is 9.59 Å². The number of hydrogen-bond donors (Lipinski definition) is 4. The Morgan fingerprint density at radius 1 is 1.40 bits per heavy atom. The standard InChI is InChI=1S/C12H19N5O2S/c1-12(2,10(14)19)17-9(18)7-8(13)16-11(20-7)15-6-4-3-5-6/h6H,3-5,13H2,1-2H3,(H2,14,19)(H,15,16)(H,17,18). The minimum Gasteiger partial charge on any atom is -0.382 e. The zero-order valence-electron chi connectivity index (χ0n) is 11.5. The maximum atomic E-state index is 12.1. The molecule has 0 aromatic carbocycles. The van der Waals surface area contributed by atoms with Crippen LogP contribution in [0.1, 0.15) is 42.8 Å². The van der Waals surface area contributed by atoms with Crippen LogP contribution in [0.2, 0.25) is 0 Å². The summed E-state index contributed by atoms with van der Waals surface area (Å²) in [5.74, 6) is -0.887. The van der Waals surface area contributed by atoms with Gasteiger partial charge in [0, 0.05) is 6.04 Å². The van der Waals surface area contributed by atoms with Gasteiger partial charge in [0.25, 0.3) is 5.91 Å². The van der Waals surface area contributed by atoms with E-state index in [2.05, 4.69) is 15.6 Å². The molecule has 1 aromatic rings. The molecule has 20 heavy (non-hydrogen) atoms. The molecule has 1 fully saturated rings. The third-order valence-electron chi connectivity index (χ3n) is 3.33. The highest BCUT2D eigenvalue weighted by Gasteiger charge is 2.29. The average molecular weight is 297 g/mol. The number of hydrogen-bond acceptors (Lipinski definition) is 6. The molecule has 0 aliphatic heterocycles. The molecule has 0 unspecified atom stereocenters. The largest absolute Gasteiger partial charge is 0.382 e. The second kappa shape index (κ2) is 5.28. The van der Waals surface area contributed by atoms with E-state index in [-0.39, 0.29) is 5.82 Å².